The first-order chi connectivity index (χ1) is 18.2. The van der Waals surface area contributed by atoms with Crippen molar-refractivity contribution in [3.8, 4) is 17.2 Å². The van der Waals surface area contributed by atoms with Gasteiger partial charge in [-0.3, -0.25) is 24.3 Å². The van der Waals surface area contributed by atoms with Crippen LogP contribution >= 0.6 is 11.8 Å². The number of thioether (sulfide) groups is 1. The number of ether oxygens (including phenoxy) is 2. The Kier molecular flexibility index (Phi) is 7.86. The van der Waals surface area contributed by atoms with Crippen molar-refractivity contribution in [2.24, 2.45) is 0 Å². The third-order valence-corrected chi connectivity index (χ3v) is 6.33. The first-order valence-electron chi connectivity index (χ1n) is 11.0. The van der Waals surface area contributed by atoms with Crippen LogP contribution in [0.25, 0.3) is 16.6 Å². The van der Waals surface area contributed by atoms with Crippen LogP contribution in [0.1, 0.15) is 5.56 Å². The average Bonchev–Trinajstić information content (AvgIpc) is 2.88. The van der Waals surface area contributed by atoms with Crippen LogP contribution in [0.3, 0.4) is 0 Å². The van der Waals surface area contributed by atoms with E-state index in [0.717, 1.165) is 11.8 Å². The third-order valence-electron chi connectivity index (χ3n) is 5.39. The summed E-state index contributed by atoms with van der Waals surface area (Å²) in [6, 6.07) is 14.8. The van der Waals surface area contributed by atoms with Crippen molar-refractivity contribution in [1.29, 1.82) is 0 Å². The number of nitrogens with one attached hydrogen (secondary N) is 1. The molecular formula is C25H20F2N4O6S. The fourth-order valence-corrected chi connectivity index (χ4v) is 4.46. The summed E-state index contributed by atoms with van der Waals surface area (Å²) in [5.41, 5.74) is 0.918. The smallest absolute Gasteiger partial charge is 0.387 e. The molecular weight excluding hydrogens is 522 g/mol. The lowest BCUT2D eigenvalue weighted by Crippen LogP contribution is -2.23. The fourth-order valence-electron chi connectivity index (χ4n) is 3.64. The number of halogens is 2. The highest BCUT2D eigenvalue weighted by Gasteiger charge is 2.19. The van der Waals surface area contributed by atoms with Gasteiger partial charge in [-0.05, 0) is 48.9 Å². The topological polar surface area (TPSA) is 126 Å². The molecule has 0 radical (unpaired) electrons. The van der Waals surface area contributed by atoms with Gasteiger partial charge in [0.1, 0.15) is 5.75 Å². The predicted molar refractivity (Wildman–Crippen MR) is 138 cm³/mol. The van der Waals surface area contributed by atoms with Gasteiger partial charge in [0.2, 0.25) is 5.91 Å². The molecule has 1 aromatic heterocycles. The number of amides is 1. The van der Waals surface area contributed by atoms with Gasteiger partial charge in [0.25, 0.3) is 5.56 Å². The molecule has 0 bridgehead atoms. The molecule has 1 heterocycles. The minimum Gasteiger partial charge on any atom is -0.490 e. The van der Waals surface area contributed by atoms with E-state index >= 15 is 0 Å². The maximum absolute atomic E-state index is 13.3. The summed E-state index contributed by atoms with van der Waals surface area (Å²) in [7, 11) is 1.29. The number of carbonyl (C=O) groups excluding carboxylic acids is 1. The van der Waals surface area contributed by atoms with E-state index in [0.29, 0.717) is 27.8 Å². The molecule has 0 saturated heterocycles. The number of aromatic nitrogens is 2. The molecule has 0 unspecified atom stereocenters. The first-order valence-corrected chi connectivity index (χ1v) is 12.0. The minimum absolute atomic E-state index is 0.00662. The Labute approximate surface area is 218 Å². The van der Waals surface area contributed by atoms with Crippen LogP contribution < -0.4 is 20.3 Å². The van der Waals surface area contributed by atoms with Gasteiger partial charge in [0, 0.05) is 17.8 Å². The summed E-state index contributed by atoms with van der Waals surface area (Å²) < 4.78 is 35.8. The number of aryl methyl sites for hydroxylation is 1. The van der Waals surface area contributed by atoms with Gasteiger partial charge in [-0.15, -0.1) is 0 Å². The van der Waals surface area contributed by atoms with Gasteiger partial charge in [0.05, 0.1) is 34.4 Å². The third kappa shape index (κ3) is 5.72. The summed E-state index contributed by atoms with van der Waals surface area (Å²) in [5, 5.41) is 14.4. The summed E-state index contributed by atoms with van der Waals surface area (Å²) in [5.74, 6) is -0.694. The molecule has 0 fully saturated rings. The number of carbonyl (C=O) groups is 1. The molecule has 0 atom stereocenters. The Hall–Kier alpha value is -4.52. The number of nitrogens with zero attached hydrogens (tertiary/aromatic N) is 3. The van der Waals surface area contributed by atoms with E-state index in [9.17, 15) is 28.5 Å². The highest BCUT2D eigenvalue weighted by Crippen LogP contribution is 2.33. The molecule has 3 aromatic carbocycles. The number of alkyl halides is 2. The minimum atomic E-state index is -2.99. The molecule has 4 rings (SSSR count). The number of para-hydroxylation sites is 1. The van der Waals surface area contributed by atoms with Gasteiger partial charge in [-0.1, -0.05) is 23.9 Å². The van der Waals surface area contributed by atoms with E-state index in [1.54, 1.807) is 31.2 Å². The first kappa shape index (κ1) is 26.5. The molecule has 0 saturated carbocycles. The number of rotatable bonds is 9. The number of fused-ring (bicyclic) bond motifs is 1. The number of nitro groups is 1. The van der Waals surface area contributed by atoms with E-state index < -0.39 is 23.0 Å². The van der Waals surface area contributed by atoms with Crippen LogP contribution in [-0.4, -0.2) is 39.9 Å². The monoisotopic (exact) mass is 542 g/mol. The number of hydrogen-bond acceptors (Lipinski definition) is 8. The zero-order valence-electron chi connectivity index (χ0n) is 20.0. The molecule has 196 valence electrons. The van der Waals surface area contributed by atoms with Gasteiger partial charge in [-0.25, -0.2) is 4.98 Å². The second kappa shape index (κ2) is 11.3. The number of nitro benzene ring substituents is 1. The van der Waals surface area contributed by atoms with Crippen LogP contribution in [0.2, 0.25) is 0 Å². The second-order valence-corrected chi connectivity index (χ2v) is 8.80. The zero-order valence-corrected chi connectivity index (χ0v) is 20.8. The van der Waals surface area contributed by atoms with Crippen molar-refractivity contribution in [2.45, 2.75) is 18.7 Å². The number of anilines is 1. The van der Waals surface area contributed by atoms with Crippen LogP contribution in [0.5, 0.6) is 11.5 Å². The summed E-state index contributed by atoms with van der Waals surface area (Å²) in [6.07, 6.45) is 0. The molecule has 0 spiro atoms. The van der Waals surface area contributed by atoms with E-state index in [-0.39, 0.29) is 28.1 Å². The summed E-state index contributed by atoms with van der Waals surface area (Å²) in [4.78, 5) is 41.3. The highest BCUT2D eigenvalue weighted by molar-refractivity contribution is 7.99. The van der Waals surface area contributed by atoms with E-state index in [4.69, 9.17) is 4.74 Å². The van der Waals surface area contributed by atoms with Crippen molar-refractivity contribution in [1.82, 2.24) is 9.55 Å². The van der Waals surface area contributed by atoms with Crippen molar-refractivity contribution in [3.05, 3.63) is 86.7 Å². The highest BCUT2D eigenvalue weighted by atomic mass is 32.2. The number of methoxy groups -OCH3 is 1. The lowest BCUT2D eigenvalue weighted by molar-refractivity contribution is -0.385. The quantitative estimate of drug-likeness (QED) is 0.136. The van der Waals surface area contributed by atoms with E-state index in [2.05, 4.69) is 15.0 Å². The second-order valence-electron chi connectivity index (χ2n) is 7.86. The van der Waals surface area contributed by atoms with Crippen LogP contribution in [0.4, 0.5) is 20.2 Å². The predicted octanol–water partition coefficient (Wildman–Crippen LogP) is 4.94. The Balaban J connectivity index is 1.63. The Morgan fingerprint density at radius 2 is 1.89 bits per heavy atom. The molecule has 0 aliphatic carbocycles. The number of benzene rings is 3. The Morgan fingerprint density at radius 3 is 2.55 bits per heavy atom. The molecule has 0 aliphatic heterocycles. The zero-order chi connectivity index (χ0) is 27.4. The SMILES string of the molecule is COc1cc(NC(=O)CSc2nc3ccccc3c(=O)n2-c2ccc(OC(F)F)cc2)c(C)cc1[N+](=O)[O-]. The molecule has 1 N–H and O–H groups in total. The van der Waals surface area contributed by atoms with E-state index in [1.807, 2.05) is 0 Å². The molecule has 13 heteroatoms. The lowest BCUT2D eigenvalue weighted by Gasteiger charge is -2.14. The molecule has 1 amide bonds. The Morgan fingerprint density at radius 1 is 1.18 bits per heavy atom. The molecule has 10 nitrogen and oxygen atoms in total. The molecule has 38 heavy (non-hydrogen) atoms. The van der Waals surface area contributed by atoms with Crippen molar-refractivity contribution >= 4 is 39.9 Å². The van der Waals surface area contributed by atoms with Crippen LogP contribution in [-0.2, 0) is 4.79 Å². The van der Waals surface area contributed by atoms with Crippen LogP contribution in [0.15, 0.2) is 70.6 Å². The normalized spacial score (nSPS) is 11.0. The van der Waals surface area contributed by atoms with Gasteiger partial charge < -0.3 is 14.8 Å². The van der Waals surface area contributed by atoms with Crippen molar-refractivity contribution in [3.63, 3.8) is 0 Å². The largest absolute Gasteiger partial charge is 0.490 e. The van der Waals surface area contributed by atoms with E-state index in [1.165, 1.54) is 48.1 Å². The number of hydrogen-bond donors (Lipinski definition) is 1. The lowest BCUT2D eigenvalue weighted by atomic mass is 10.1. The van der Waals surface area contributed by atoms with Gasteiger partial charge in [0.15, 0.2) is 10.9 Å². The summed E-state index contributed by atoms with van der Waals surface area (Å²) >= 11 is 0.986. The van der Waals surface area contributed by atoms with Gasteiger partial charge >= 0.3 is 12.3 Å². The maximum atomic E-state index is 13.3. The van der Waals surface area contributed by atoms with Crippen LogP contribution in [0, 0.1) is 17.0 Å². The van der Waals surface area contributed by atoms with Crippen molar-refractivity contribution in [2.75, 3.05) is 18.2 Å². The summed E-state index contributed by atoms with van der Waals surface area (Å²) in [6.45, 7) is -1.38. The maximum Gasteiger partial charge on any atom is 0.387 e. The average molecular weight is 543 g/mol. The standard InChI is InChI=1S/C25H20F2N4O6S/c1-14-11-20(31(34)35)21(36-2)12-19(14)28-22(32)13-38-25-29-18-6-4-3-5-17(18)23(33)30(25)15-7-9-16(10-8-15)37-24(26)27/h3-12,24H,13H2,1-2H3,(H,28,32). The molecule has 4 aromatic rings. The molecule has 0 aliphatic rings. The Bertz CT molecular complexity index is 1580. The fraction of sp³-hybridized carbons (Fsp3) is 0.160. The van der Waals surface area contributed by atoms with Crippen molar-refractivity contribution < 1.29 is 28.0 Å². The van der Waals surface area contributed by atoms with Gasteiger partial charge in [-0.2, -0.15) is 8.78 Å².